The molecule has 0 spiro atoms. The van der Waals surface area contributed by atoms with Crippen LogP contribution >= 0.6 is 0 Å². The molecule has 1 N–H and O–H groups in total. The molecule has 4 rings (SSSR count). The Kier molecular flexibility index (Phi) is 9.32. The Morgan fingerprint density at radius 2 is 1.92 bits per heavy atom. The number of unbranched alkanes of at least 4 members (excludes halogenated alkanes) is 3. The molecule has 204 valence electrons. The molecular weight excluding hydrogens is 482 g/mol. The first-order valence-electron chi connectivity index (χ1n) is 13.6. The van der Waals surface area contributed by atoms with E-state index in [1.807, 2.05) is 19.2 Å². The third-order valence-corrected chi connectivity index (χ3v) is 7.34. The topological polar surface area (TPSA) is 32.7 Å². The first-order chi connectivity index (χ1) is 18.4. The van der Waals surface area contributed by atoms with E-state index in [1.165, 1.54) is 16.5 Å². The Morgan fingerprint density at radius 1 is 1.08 bits per heavy atom. The van der Waals surface area contributed by atoms with Gasteiger partial charge >= 0.3 is 6.61 Å². The van der Waals surface area contributed by atoms with Crippen molar-refractivity contribution in [2.45, 2.75) is 65.1 Å². The van der Waals surface area contributed by atoms with Crippen molar-refractivity contribution in [3.8, 4) is 5.75 Å². The summed E-state index contributed by atoms with van der Waals surface area (Å²) in [6.07, 6.45) is 8.12. The van der Waals surface area contributed by atoms with Crippen LogP contribution in [0.3, 0.4) is 0 Å². The maximum Gasteiger partial charge on any atom is 0.387 e. The zero-order valence-electron chi connectivity index (χ0n) is 22.7. The van der Waals surface area contributed by atoms with Crippen LogP contribution in [0, 0.1) is 0 Å². The lowest BCUT2D eigenvalue weighted by Crippen LogP contribution is -2.41. The van der Waals surface area contributed by atoms with Gasteiger partial charge in [-0.15, -0.1) is 0 Å². The number of nitrogens with one attached hydrogen (secondary N) is 1. The smallest absolute Gasteiger partial charge is 0.387 e. The number of fused-ring (bicyclic) bond motifs is 1. The maximum absolute atomic E-state index is 13.0. The second kappa shape index (κ2) is 12.9. The van der Waals surface area contributed by atoms with E-state index in [-0.39, 0.29) is 5.75 Å². The highest BCUT2D eigenvalue weighted by Crippen LogP contribution is 2.33. The van der Waals surface area contributed by atoms with E-state index in [1.54, 1.807) is 6.07 Å². The van der Waals surface area contributed by atoms with Crippen molar-refractivity contribution in [1.29, 1.82) is 0 Å². The molecule has 3 aromatic rings. The summed E-state index contributed by atoms with van der Waals surface area (Å²) in [7, 11) is 1.89. The predicted molar refractivity (Wildman–Crippen MR) is 153 cm³/mol. The number of hydrogen-bond donors (Lipinski definition) is 1. The van der Waals surface area contributed by atoms with Gasteiger partial charge in [0.25, 0.3) is 0 Å². The highest BCUT2D eigenvalue weighted by molar-refractivity contribution is 5.83. The monoisotopic (exact) mass is 522 g/mol. The molecule has 1 aliphatic rings. The van der Waals surface area contributed by atoms with Crippen LogP contribution in [0.2, 0.25) is 0 Å². The number of alkyl halides is 2. The minimum Gasteiger partial charge on any atom is -0.435 e. The third kappa shape index (κ3) is 6.50. The Balaban J connectivity index is 1.53. The van der Waals surface area contributed by atoms with Crippen LogP contribution in [0.25, 0.3) is 10.9 Å². The molecule has 0 bridgehead atoms. The summed E-state index contributed by atoms with van der Waals surface area (Å²) >= 11 is 0. The number of halogens is 2. The van der Waals surface area contributed by atoms with Gasteiger partial charge in [0.2, 0.25) is 0 Å². The number of aryl methyl sites for hydroxylation is 1. The SMILES string of the molecule is C=C(Cn1ccc2c(CN3CCCN(c4ccc(OC(F)F)c(CCCCCC)c4)C3=C)cccc21)NC. The van der Waals surface area contributed by atoms with Crippen molar-refractivity contribution in [2.75, 3.05) is 25.0 Å². The van der Waals surface area contributed by atoms with E-state index in [0.717, 1.165) is 87.5 Å². The lowest BCUT2D eigenvalue weighted by atomic mass is 10.0. The maximum atomic E-state index is 13.0. The number of ether oxygens (including phenoxy) is 1. The van der Waals surface area contributed by atoms with Crippen molar-refractivity contribution < 1.29 is 13.5 Å². The Bertz CT molecular complexity index is 1250. The van der Waals surface area contributed by atoms with Gasteiger partial charge in [-0.05, 0) is 60.7 Å². The minimum absolute atomic E-state index is 0.275. The number of allylic oxidation sites excluding steroid dienone is 1. The first kappa shape index (κ1) is 27.6. The lowest BCUT2D eigenvalue weighted by Gasteiger charge is -2.40. The molecule has 7 heteroatoms. The molecule has 2 heterocycles. The van der Waals surface area contributed by atoms with Crippen LogP contribution < -0.4 is 15.0 Å². The molecule has 1 saturated heterocycles. The normalized spacial score (nSPS) is 14.0. The average molecular weight is 523 g/mol. The van der Waals surface area contributed by atoms with Crippen LogP contribution in [0.5, 0.6) is 5.75 Å². The number of hydrogen-bond acceptors (Lipinski definition) is 4. The molecule has 0 aliphatic carbocycles. The van der Waals surface area contributed by atoms with Crippen LogP contribution in [-0.2, 0) is 19.5 Å². The molecule has 1 fully saturated rings. The summed E-state index contributed by atoms with van der Waals surface area (Å²) in [5.74, 6) is 1.20. The van der Waals surface area contributed by atoms with E-state index in [9.17, 15) is 8.78 Å². The molecule has 1 aliphatic heterocycles. The van der Waals surface area contributed by atoms with Gasteiger partial charge in [-0.3, -0.25) is 0 Å². The summed E-state index contributed by atoms with van der Waals surface area (Å²) in [5.41, 5.74) is 5.19. The summed E-state index contributed by atoms with van der Waals surface area (Å²) in [6.45, 7) is 11.1. The van der Waals surface area contributed by atoms with Gasteiger partial charge in [0.05, 0.1) is 6.54 Å². The van der Waals surface area contributed by atoms with E-state index in [0.29, 0.717) is 0 Å². The zero-order valence-corrected chi connectivity index (χ0v) is 22.7. The fourth-order valence-corrected chi connectivity index (χ4v) is 5.23. The van der Waals surface area contributed by atoms with E-state index < -0.39 is 6.61 Å². The van der Waals surface area contributed by atoms with Crippen LogP contribution in [0.1, 0.15) is 50.2 Å². The molecule has 0 unspecified atom stereocenters. The van der Waals surface area contributed by atoms with Gasteiger partial charge in [0.1, 0.15) is 11.6 Å². The third-order valence-electron chi connectivity index (χ3n) is 7.34. The fraction of sp³-hybridized carbons (Fsp3) is 0.419. The largest absolute Gasteiger partial charge is 0.435 e. The number of nitrogens with zero attached hydrogens (tertiary/aromatic N) is 3. The fourth-order valence-electron chi connectivity index (χ4n) is 5.23. The van der Waals surface area contributed by atoms with Crippen molar-refractivity contribution >= 4 is 16.6 Å². The predicted octanol–water partition coefficient (Wildman–Crippen LogP) is 7.28. The molecule has 38 heavy (non-hydrogen) atoms. The summed E-state index contributed by atoms with van der Waals surface area (Å²) in [6, 6.07) is 14.2. The summed E-state index contributed by atoms with van der Waals surface area (Å²) in [5, 5.41) is 4.35. The van der Waals surface area contributed by atoms with E-state index in [2.05, 4.69) is 70.2 Å². The highest BCUT2D eigenvalue weighted by atomic mass is 19.3. The molecule has 2 aromatic carbocycles. The second-order valence-corrected chi connectivity index (χ2v) is 9.97. The molecule has 0 atom stereocenters. The highest BCUT2D eigenvalue weighted by Gasteiger charge is 2.24. The molecule has 1 aromatic heterocycles. The Hall–Kier alpha value is -3.48. The molecule has 0 saturated carbocycles. The number of likely N-dealkylation sites (N-methyl/N-ethyl adjacent to an activating group) is 1. The molecule has 0 radical (unpaired) electrons. The van der Waals surface area contributed by atoms with Gasteiger partial charge in [-0.2, -0.15) is 8.78 Å². The van der Waals surface area contributed by atoms with Crippen LogP contribution in [-0.4, -0.2) is 36.2 Å². The zero-order chi connectivity index (χ0) is 27.1. The van der Waals surface area contributed by atoms with Crippen molar-refractivity contribution in [1.82, 2.24) is 14.8 Å². The lowest BCUT2D eigenvalue weighted by molar-refractivity contribution is -0.0504. The van der Waals surface area contributed by atoms with E-state index in [4.69, 9.17) is 4.74 Å². The van der Waals surface area contributed by atoms with Crippen molar-refractivity contribution in [3.63, 3.8) is 0 Å². The molecular formula is C31H40F2N4O. The first-order valence-corrected chi connectivity index (χ1v) is 13.6. The van der Waals surface area contributed by atoms with Gasteiger partial charge < -0.3 is 24.4 Å². The Morgan fingerprint density at radius 3 is 2.68 bits per heavy atom. The summed E-state index contributed by atoms with van der Waals surface area (Å²) < 4.78 is 33.2. The summed E-state index contributed by atoms with van der Waals surface area (Å²) in [4.78, 5) is 4.51. The van der Waals surface area contributed by atoms with E-state index >= 15 is 0 Å². The number of rotatable bonds is 13. The molecule has 0 amide bonds. The number of anilines is 1. The molecule has 5 nitrogen and oxygen atoms in total. The van der Waals surface area contributed by atoms with Gasteiger partial charge in [-0.25, -0.2) is 0 Å². The van der Waals surface area contributed by atoms with Crippen LogP contribution in [0.4, 0.5) is 14.5 Å². The second-order valence-electron chi connectivity index (χ2n) is 9.97. The van der Waals surface area contributed by atoms with Crippen molar-refractivity contribution in [3.05, 3.63) is 84.5 Å². The van der Waals surface area contributed by atoms with Gasteiger partial charge in [0.15, 0.2) is 0 Å². The minimum atomic E-state index is -2.83. The number of benzene rings is 2. The van der Waals surface area contributed by atoms with Crippen LogP contribution in [0.15, 0.2) is 73.3 Å². The van der Waals surface area contributed by atoms with Gasteiger partial charge in [0, 0.05) is 55.2 Å². The quantitative estimate of drug-likeness (QED) is 0.239. The van der Waals surface area contributed by atoms with Crippen molar-refractivity contribution in [2.24, 2.45) is 0 Å². The average Bonchev–Trinajstić information content (AvgIpc) is 3.32. The number of aromatic nitrogens is 1. The van der Waals surface area contributed by atoms with Gasteiger partial charge in [-0.1, -0.05) is 51.5 Å². The standard InChI is InChI=1S/C31H40F2N4O/c1-5-6-7-8-11-25-20-27(14-15-30(25)38-31(32)33)37-18-10-17-35(24(37)3)22-26-12-9-13-29-28(26)16-19-36(29)21-23(2)34-4/h9,12-16,19-20,31,34H,2-3,5-8,10-11,17-18,21-22H2,1,4H3. The Labute approximate surface area is 225 Å².